The Kier molecular flexibility index (Phi) is 8.93. The molecule has 0 saturated heterocycles. The third-order valence-corrected chi connectivity index (χ3v) is 8.75. The molecule has 1 atom stereocenters. The fourth-order valence-corrected chi connectivity index (χ4v) is 6.40. The summed E-state index contributed by atoms with van der Waals surface area (Å²) in [5.74, 6) is -0.998. The van der Waals surface area contributed by atoms with Gasteiger partial charge in [-0.05, 0) is 79.4 Å². The zero-order valence-corrected chi connectivity index (χ0v) is 24.7. The molecule has 5 rings (SSSR count). The van der Waals surface area contributed by atoms with Crippen LogP contribution in [-0.2, 0) is 9.59 Å². The number of aromatic nitrogens is 1. The van der Waals surface area contributed by atoms with E-state index in [0.29, 0.717) is 16.4 Å². The van der Waals surface area contributed by atoms with E-state index in [1.807, 2.05) is 61.7 Å². The van der Waals surface area contributed by atoms with Gasteiger partial charge in [0.2, 0.25) is 5.91 Å². The van der Waals surface area contributed by atoms with Crippen LogP contribution < -0.4 is 16.0 Å². The number of nitrogens with one attached hydrogen (secondary N) is 3. The average molecular weight is 599 g/mol. The van der Waals surface area contributed by atoms with Crippen molar-refractivity contribution in [3.05, 3.63) is 112 Å². The topological polar surface area (TPSA) is 100 Å². The third kappa shape index (κ3) is 7.49. The number of fused-ring (bicyclic) bond motifs is 1. The number of nitrogens with zero attached hydrogens (tertiary/aromatic N) is 1. The van der Waals surface area contributed by atoms with Gasteiger partial charge in [0.05, 0.1) is 15.5 Å². The molecule has 1 unspecified atom stereocenters. The molecule has 0 fully saturated rings. The average Bonchev–Trinajstić information content (AvgIpc) is 3.62. The highest BCUT2D eigenvalue weighted by Crippen LogP contribution is 2.30. The van der Waals surface area contributed by atoms with Crippen molar-refractivity contribution in [2.75, 3.05) is 10.6 Å². The van der Waals surface area contributed by atoms with Gasteiger partial charge in [0, 0.05) is 21.0 Å². The van der Waals surface area contributed by atoms with Crippen LogP contribution in [0.1, 0.15) is 27.7 Å². The molecule has 206 valence electrons. The molecule has 0 aliphatic rings. The quantitative estimate of drug-likeness (QED) is 0.123. The molecule has 0 bridgehead atoms. The Bertz CT molecular complexity index is 1730. The van der Waals surface area contributed by atoms with Crippen molar-refractivity contribution in [1.82, 2.24) is 10.3 Å². The number of aryl methyl sites for hydroxylation is 1. The number of hydrogen-bond donors (Lipinski definition) is 3. The molecule has 0 aliphatic carbocycles. The second kappa shape index (κ2) is 12.9. The number of anilines is 2. The van der Waals surface area contributed by atoms with Crippen molar-refractivity contribution < 1.29 is 14.4 Å². The van der Waals surface area contributed by atoms with E-state index < -0.39 is 11.2 Å². The third-order valence-electron chi connectivity index (χ3n) is 5.91. The Morgan fingerprint density at radius 1 is 0.927 bits per heavy atom. The number of carbonyl (C=O) groups is 3. The Morgan fingerprint density at radius 3 is 2.54 bits per heavy atom. The molecular formula is C31H26N4O3S3. The molecule has 0 spiro atoms. The zero-order valence-electron chi connectivity index (χ0n) is 22.2. The van der Waals surface area contributed by atoms with E-state index in [0.717, 1.165) is 25.6 Å². The second-order valence-corrected chi connectivity index (χ2v) is 12.5. The van der Waals surface area contributed by atoms with Crippen LogP contribution in [0.3, 0.4) is 0 Å². The van der Waals surface area contributed by atoms with Crippen molar-refractivity contribution in [3.63, 3.8) is 0 Å². The van der Waals surface area contributed by atoms with Crippen LogP contribution in [-0.4, -0.2) is 28.0 Å². The first-order valence-electron chi connectivity index (χ1n) is 12.7. The summed E-state index contributed by atoms with van der Waals surface area (Å²) in [7, 11) is 0. The van der Waals surface area contributed by atoms with Crippen LogP contribution in [0.5, 0.6) is 0 Å². The number of thioether (sulfide) groups is 1. The van der Waals surface area contributed by atoms with Crippen LogP contribution in [0.2, 0.25) is 0 Å². The van der Waals surface area contributed by atoms with Crippen molar-refractivity contribution in [3.8, 4) is 0 Å². The molecule has 10 heteroatoms. The maximum Gasteiger partial charge on any atom is 0.272 e. The molecule has 41 heavy (non-hydrogen) atoms. The van der Waals surface area contributed by atoms with Gasteiger partial charge in [-0.2, -0.15) is 0 Å². The molecule has 0 aliphatic heterocycles. The lowest BCUT2D eigenvalue weighted by atomic mass is 10.2. The summed E-state index contributed by atoms with van der Waals surface area (Å²) < 4.78 is 1.02. The predicted octanol–water partition coefficient (Wildman–Crippen LogP) is 7.20. The number of carbonyl (C=O) groups excluding carboxylic acids is 3. The van der Waals surface area contributed by atoms with Crippen LogP contribution in [0.4, 0.5) is 10.8 Å². The Morgan fingerprint density at radius 2 is 1.76 bits per heavy atom. The minimum Gasteiger partial charge on any atom is -0.321 e. The molecule has 2 heterocycles. The van der Waals surface area contributed by atoms with E-state index in [-0.39, 0.29) is 17.5 Å². The number of rotatable bonds is 9. The van der Waals surface area contributed by atoms with Gasteiger partial charge in [-0.3, -0.25) is 14.4 Å². The number of amides is 3. The van der Waals surface area contributed by atoms with Gasteiger partial charge in [0.25, 0.3) is 11.8 Å². The van der Waals surface area contributed by atoms with Crippen LogP contribution in [0.25, 0.3) is 16.3 Å². The van der Waals surface area contributed by atoms with Gasteiger partial charge in [0.1, 0.15) is 5.70 Å². The van der Waals surface area contributed by atoms with Crippen molar-refractivity contribution in [2.45, 2.75) is 24.0 Å². The SMILES string of the molecule is Cc1ccc2nc(NC(=O)C(C)Sc3cccc(NC(=O)/C(=C/c4cccs4)NC(=O)c4ccccc4)c3)sc2c1. The fraction of sp³-hybridized carbons (Fsp3) is 0.0968. The number of benzene rings is 3. The van der Waals surface area contributed by atoms with Gasteiger partial charge in [-0.15, -0.1) is 23.1 Å². The van der Waals surface area contributed by atoms with Gasteiger partial charge in [0.15, 0.2) is 5.13 Å². The Hall–Kier alpha value is -4.25. The van der Waals surface area contributed by atoms with Gasteiger partial charge in [-0.1, -0.05) is 47.7 Å². The van der Waals surface area contributed by atoms with E-state index >= 15 is 0 Å². The summed E-state index contributed by atoms with van der Waals surface area (Å²) >= 11 is 4.28. The molecule has 5 aromatic rings. The summed E-state index contributed by atoms with van der Waals surface area (Å²) in [5.41, 5.74) is 3.11. The first-order valence-corrected chi connectivity index (χ1v) is 15.3. The lowest BCUT2D eigenvalue weighted by Crippen LogP contribution is -2.30. The molecule has 3 aromatic carbocycles. The molecule has 7 nitrogen and oxygen atoms in total. The largest absolute Gasteiger partial charge is 0.321 e. The zero-order chi connectivity index (χ0) is 28.8. The summed E-state index contributed by atoms with van der Waals surface area (Å²) in [6.45, 7) is 3.85. The van der Waals surface area contributed by atoms with E-state index in [1.54, 1.807) is 42.5 Å². The van der Waals surface area contributed by atoms with Gasteiger partial charge in [-0.25, -0.2) is 4.98 Å². The first-order chi connectivity index (χ1) is 19.8. The van der Waals surface area contributed by atoms with Crippen molar-refractivity contribution in [2.24, 2.45) is 0 Å². The highest BCUT2D eigenvalue weighted by molar-refractivity contribution is 8.00. The van der Waals surface area contributed by atoms with Gasteiger partial charge >= 0.3 is 0 Å². The van der Waals surface area contributed by atoms with E-state index in [1.165, 1.54) is 34.4 Å². The highest BCUT2D eigenvalue weighted by Gasteiger charge is 2.18. The second-order valence-electron chi connectivity index (χ2n) is 9.12. The lowest BCUT2D eigenvalue weighted by molar-refractivity contribution is -0.115. The molecular weight excluding hydrogens is 573 g/mol. The lowest BCUT2D eigenvalue weighted by Gasteiger charge is -2.13. The maximum atomic E-state index is 13.3. The van der Waals surface area contributed by atoms with E-state index in [2.05, 4.69) is 27.0 Å². The smallest absolute Gasteiger partial charge is 0.272 e. The van der Waals surface area contributed by atoms with Gasteiger partial charge < -0.3 is 16.0 Å². The minimum absolute atomic E-state index is 0.123. The molecule has 3 N–H and O–H groups in total. The number of thiazole rings is 1. The summed E-state index contributed by atoms with van der Waals surface area (Å²) in [6, 6.07) is 25.7. The number of thiophene rings is 1. The predicted molar refractivity (Wildman–Crippen MR) is 170 cm³/mol. The standard InChI is InChI=1S/C31H26N4O3S3/c1-19-13-14-25-27(16-19)41-31(34-25)35-28(36)20(2)40-24-11-6-10-22(17-24)32-30(38)26(18-23-12-7-15-39-23)33-29(37)21-8-4-3-5-9-21/h3-18,20H,1-2H3,(H,32,38)(H,33,37)(H,34,35,36)/b26-18-. The Balaban J connectivity index is 1.25. The van der Waals surface area contributed by atoms with E-state index in [4.69, 9.17) is 0 Å². The highest BCUT2D eigenvalue weighted by atomic mass is 32.2. The number of hydrogen-bond acceptors (Lipinski definition) is 7. The summed E-state index contributed by atoms with van der Waals surface area (Å²) in [6.07, 6.45) is 1.65. The summed E-state index contributed by atoms with van der Waals surface area (Å²) in [4.78, 5) is 45.1. The molecule has 3 amide bonds. The maximum absolute atomic E-state index is 13.3. The fourth-order valence-electron chi connectivity index (χ4n) is 3.85. The monoisotopic (exact) mass is 598 g/mol. The van der Waals surface area contributed by atoms with Crippen LogP contribution in [0, 0.1) is 6.92 Å². The van der Waals surface area contributed by atoms with Crippen molar-refractivity contribution in [1.29, 1.82) is 0 Å². The first kappa shape index (κ1) is 28.3. The molecule has 0 saturated carbocycles. The normalized spacial score (nSPS) is 12.1. The Labute approximate surface area is 249 Å². The van der Waals surface area contributed by atoms with E-state index in [9.17, 15) is 14.4 Å². The molecule has 0 radical (unpaired) electrons. The summed E-state index contributed by atoms with van der Waals surface area (Å²) in [5, 5.41) is 10.6. The van der Waals surface area contributed by atoms with Crippen LogP contribution in [0.15, 0.2) is 101 Å². The van der Waals surface area contributed by atoms with Crippen LogP contribution >= 0.6 is 34.4 Å². The minimum atomic E-state index is -0.457. The molecule has 2 aromatic heterocycles. The van der Waals surface area contributed by atoms with Crippen molar-refractivity contribution >= 4 is 79.3 Å².